The van der Waals surface area contributed by atoms with Crippen LogP contribution in [-0.4, -0.2) is 32.1 Å². The minimum absolute atomic E-state index is 0.0719. The predicted octanol–water partition coefficient (Wildman–Crippen LogP) is 1.73. The minimum atomic E-state index is -0.198. The average molecular weight is 330 g/mol. The Kier molecular flexibility index (Phi) is 3.78. The normalized spacial score (nSPS) is 23.8. The molecule has 24 heavy (non-hydrogen) atoms. The van der Waals surface area contributed by atoms with Gasteiger partial charge in [0.05, 0.1) is 25.0 Å². The molecule has 0 spiro atoms. The maximum atomic E-state index is 12.9. The summed E-state index contributed by atoms with van der Waals surface area (Å²) >= 11 is 0. The monoisotopic (exact) mass is 330 g/mol. The molecule has 2 atom stereocenters. The topological polar surface area (TPSA) is 84.1 Å². The zero-order valence-electron chi connectivity index (χ0n) is 13.8. The van der Waals surface area contributed by atoms with Crippen LogP contribution in [0.4, 0.5) is 0 Å². The Morgan fingerprint density at radius 3 is 2.92 bits per heavy atom. The summed E-state index contributed by atoms with van der Waals surface area (Å²) in [7, 11) is 0. The summed E-state index contributed by atoms with van der Waals surface area (Å²) in [6, 6.07) is 1.72. The Labute approximate surface area is 139 Å². The number of aromatic nitrogens is 3. The van der Waals surface area contributed by atoms with E-state index >= 15 is 0 Å². The van der Waals surface area contributed by atoms with Crippen molar-refractivity contribution in [3.05, 3.63) is 40.5 Å². The fourth-order valence-corrected chi connectivity index (χ4v) is 3.98. The van der Waals surface area contributed by atoms with Gasteiger partial charge in [0.2, 0.25) is 5.91 Å². The van der Waals surface area contributed by atoms with Gasteiger partial charge in [-0.3, -0.25) is 9.36 Å². The van der Waals surface area contributed by atoms with Crippen molar-refractivity contribution in [2.24, 2.45) is 11.8 Å². The second kappa shape index (κ2) is 5.96. The molecule has 1 N–H and O–H groups in total. The molecule has 7 nitrogen and oxygen atoms in total. The van der Waals surface area contributed by atoms with Gasteiger partial charge in [0.25, 0.3) is 0 Å². The van der Waals surface area contributed by atoms with Gasteiger partial charge in [-0.1, -0.05) is 0 Å². The highest BCUT2D eigenvalue weighted by molar-refractivity contribution is 5.79. The lowest BCUT2D eigenvalue weighted by atomic mass is 9.94. The van der Waals surface area contributed by atoms with Gasteiger partial charge in [-0.05, 0) is 49.7 Å². The van der Waals surface area contributed by atoms with E-state index in [1.54, 1.807) is 17.1 Å². The summed E-state index contributed by atoms with van der Waals surface area (Å²) in [4.78, 5) is 26.7. The Bertz CT molecular complexity index is 772. The third-order valence-electron chi connectivity index (χ3n) is 5.30. The SMILES string of the molecule is CCn1c(C2C(C3CC3)CCN2C(=O)Cc2ccoc2)n[nH]c1=O. The van der Waals surface area contributed by atoms with Gasteiger partial charge >= 0.3 is 5.69 Å². The van der Waals surface area contributed by atoms with Crippen molar-refractivity contribution < 1.29 is 9.21 Å². The van der Waals surface area contributed by atoms with E-state index in [9.17, 15) is 9.59 Å². The van der Waals surface area contributed by atoms with Crippen LogP contribution >= 0.6 is 0 Å². The smallest absolute Gasteiger partial charge is 0.343 e. The molecule has 2 aromatic rings. The van der Waals surface area contributed by atoms with Crippen LogP contribution in [0.25, 0.3) is 0 Å². The fraction of sp³-hybridized carbons (Fsp3) is 0.588. The number of carbonyl (C=O) groups excluding carboxylic acids is 1. The van der Waals surface area contributed by atoms with Crippen molar-refractivity contribution in [3.8, 4) is 0 Å². The number of nitrogens with zero attached hydrogens (tertiary/aromatic N) is 3. The van der Waals surface area contributed by atoms with Gasteiger partial charge in [-0.2, -0.15) is 5.10 Å². The molecular formula is C17H22N4O3. The molecule has 2 fully saturated rings. The van der Waals surface area contributed by atoms with Crippen molar-refractivity contribution in [1.82, 2.24) is 19.7 Å². The molecule has 2 aliphatic rings. The summed E-state index contributed by atoms with van der Waals surface area (Å²) in [6.45, 7) is 3.22. The molecule has 4 rings (SSSR count). The highest BCUT2D eigenvalue weighted by Crippen LogP contribution is 2.50. The van der Waals surface area contributed by atoms with E-state index in [2.05, 4.69) is 10.2 Å². The van der Waals surface area contributed by atoms with E-state index in [1.807, 2.05) is 17.9 Å². The van der Waals surface area contributed by atoms with Crippen LogP contribution in [0.5, 0.6) is 0 Å². The highest BCUT2D eigenvalue weighted by atomic mass is 16.3. The molecule has 1 saturated carbocycles. The molecule has 0 bridgehead atoms. The molecule has 0 radical (unpaired) electrons. The molecule has 1 amide bonds. The van der Waals surface area contributed by atoms with E-state index in [1.165, 1.54) is 12.8 Å². The quantitative estimate of drug-likeness (QED) is 0.905. The number of furan rings is 1. The van der Waals surface area contributed by atoms with Crippen LogP contribution in [0.2, 0.25) is 0 Å². The molecule has 0 aromatic carbocycles. The maximum absolute atomic E-state index is 12.9. The van der Waals surface area contributed by atoms with Gasteiger partial charge < -0.3 is 9.32 Å². The van der Waals surface area contributed by atoms with Gasteiger partial charge in [-0.25, -0.2) is 9.89 Å². The standard InChI is InChI=1S/C17H22N4O3/c1-2-20-16(18-19-17(20)23)15-13(12-3-4-12)5-7-21(15)14(22)9-11-6-8-24-10-11/h6,8,10,12-13,15H,2-5,7,9H2,1H3,(H,19,23). The highest BCUT2D eigenvalue weighted by Gasteiger charge is 2.47. The van der Waals surface area contributed by atoms with Crippen LogP contribution in [0.1, 0.15) is 43.6 Å². The first-order valence-electron chi connectivity index (χ1n) is 8.64. The van der Waals surface area contributed by atoms with Crippen LogP contribution in [0, 0.1) is 11.8 Å². The first kappa shape index (κ1) is 15.2. The Hall–Kier alpha value is -2.31. The van der Waals surface area contributed by atoms with Crippen molar-refractivity contribution in [1.29, 1.82) is 0 Å². The van der Waals surface area contributed by atoms with Crippen molar-refractivity contribution >= 4 is 5.91 Å². The molecule has 7 heteroatoms. The number of nitrogens with one attached hydrogen (secondary N) is 1. The van der Waals surface area contributed by atoms with E-state index in [4.69, 9.17) is 4.42 Å². The van der Waals surface area contributed by atoms with Crippen LogP contribution in [-0.2, 0) is 17.8 Å². The van der Waals surface area contributed by atoms with Crippen molar-refractivity contribution in [3.63, 3.8) is 0 Å². The lowest BCUT2D eigenvalue weighted by molar-refractivity contribution is -0.132. The average Bonchev–Trinajstić information content (AvgIpc) is 2.99. The first-order valence-corrected chi connectivity index (χ1v) is 8.64. The Morgan fingerprint density at radius 1 is 1.42 bits per heavy atom. The second-order valence-electron chi connectivity index (χ2n) is 6.76. The lowest BCUT2D eigenvalue weighted by Gasteiger charge is -2.27. The second-order valence-corrected chi connectivity index (χ2v) is 6.76. The predicted molar refractivity (Wildman–Crippen MR) is 86.2 cm³/mol. The number of likely N-dealkylation sites (tertiary alicyclic amines) is 1. The zero-order chi connectivity index (χ0) is 16.7. The number of rotatable bonds is 5. The molecule has 1 saturated heterocycles. The van der Waals surface area contributed by atoms with E-state index in [0.29, 0.717) is 30.6 Å². The Morgan fingerprint density at radius 2 is 2.25 bits per heavy atom. The zero-order valence-corrected chi connectivity index (χ0v) is 13.8. The van der Waals surface area contributed by atoms with Crippen LogP contribution < -0.4 is 5.69 Å². The third-order valence-corrected chi connectivity index (χ3v) is 5.30. The molecule has 3 heterocycles. The molecule has 1 aliphatic carbocycles. The van der Waals surface area contributed by atoms with Crippen molar-refractivity contribution in [2.75, 3.05) is 6.54 Å². The van der Waals surface area contributed by atoms with E-state index < -0.39 is 0 Å². The number of hydrogen-bond acceptors (Lipinski definition) is 4. The number of carbonyl (C=O) groups is 1. The molecule has 128 valence electrons. The molecule has 1 aliphatic heterocycles. The van der Waals surface area contributed by atoms with E-state index in [-0.39, 0.29) is 17.6 Å². The molecule has 2 unspecified atom stereocenters. The van der Waals surface area contributed by atoms with Crippen LogP contribution in [0.15, 0.2) is 27.8 Å². The fourth-order valence-electron chi connectivity index (χ4n) is 3.98. The largest absolute Gasteiger partial charge is 0.472 e. The van der Waals surface area contributed by atoms with Gasteiger partial charge in [-0.15, -0.1) is 0 Å². The number of hydrogen-bond donors (Lipinski definition) is 1. The van der Waals surface area contributed by atoms with Crippen LogP contribution in [0.3, 0.4) is 0 Å². The van der Waals surface area contributed by atoms with E-state index in [0.717, 1.165) is 18.5 Å². The van der Waals surface area contributed by atoms with Gasteiger partial charge in [0.15, 0.2) is 5.82 Å². The number of aromatic amines is 1. The third kappa shape index (κ3) is 2.57. The number of amides is 1. The molecule has 2 aromatic heterocycles. The lowest BCUT2D eigenvalue weighted by Crippen LogP contribution is -2.36. The summed E-state index contributed by atoms with van der Waals surface area (Å²) < 4.78 is 6.72. The Balaban J connectivity index is 1.65. The maximum Gasteiger partial charge on any atom is 0.343 e. The minimum Gasteiger partial charge on any atom is -0.472 e. The summed E-state index contributed by atoms with van der Waals surface area (Å²) in [5.41, 5.74) is 0.680. The van der Waals surface area contributed by atoms with Gasteiger partial charge in [0, 0.05) is 13.1 Å². The number of H-pyrrole nitrogens is 1. The first-order chi connectivity index (χ1) is 11.7. The summed E-state index contributed by atoms with van der Waals surface area (Å²) in [5, 5.41) is 6.83. The summed E-state index contributed by atoms with van der Waals surface area (Å²) in [5.74, 6) is 1.83. The summed E-state index contributed by atoms with van der Waals surface area (Å²) in [6.07, 6.45) is 6.93. The molecular weight excluding hydrogens is 308 g/mol. The van der Waals surface area contributed by atoms with Crippen molar-refractivity contribution in [2.45, 2.75) is 45.2 Å². The van der Waals surface area contributed by atoms with Gasteiger partial charge in [0.1, 0.15) is 0 Å².